The van der Waals surface area contributed by atoms with Gasteiger partial charge in [-0.2, -0.15) is 5.10 Å². The summed E-state index contributed by atoms with van der Waals surface area (Å²) in [4.78, 5) is 14.7. The predicted molar refractivity (Wildman–Crippen MR) is 82.2 cm³/mol. The van der Waals surface area contributed by atoms with Crippen LogP contribution in [-0.2, 0) is 17.3 Å². The van der Waals surface area contributed by atoms with Crippen LogP contribution in [0, 0.1) is 0 Å². The van der Waals surface area contributed by atoms with E-state index >= 15 is 0 Å². The number of aryl methyl sites for hydroxylation is 1. The van der Waals surface area contributed by atoms with E-state index in [0.29, 0.717) is 6.04 Å². The van der Waals surface area contributed by atoms with Gasteiger partial charge in [0.05, 0.1) is 11.6 Å². The SMILES string of the molecule is Cn1cc(-c2ccc3c(c2)N(C2CC2)C(=O)C3(C)C)cn1. The number of fused-ring (bicyclic) bond motifs is 1. The number of carbonyl (C=O) groups is 1. The summed E-state index contributed by atoms with van der Waals surface area (Å²) in [6.07, 6.45) is 6.12. The number of benzene rings is 1. The Morgan fingerprint density at radius 3 is 2.62 bits per heavy atom. The van der Waals surface area contributed by atoms with E-state index in [9.17, 15) is 4.79 Å². The maximum Gasteiger partial charge on any atom is 0.237 e. The van der Waals surface area contributed by atoms with Gasteiger partial charge >= 0.3 is 0 Å². The zero-order valence-corrected chi connectivity index (χ0v) is 12.6. The Hall–Kier alpha value is -2.10. The minimum Gasteiger partial charge on any atom is -0.308 e. The van der Waals surface area contributed by atoms with E-state index in [0.717, 1.165) is 35.2 Å². The molecule has 1 aromatic carbocycles. The molecule has 0 spiro atoms. The van der Waals surface area contributed by atoms with Crippen molar-refractivity contribution in [3.8, 4) is 11.1 Å². The van der Waals surface area contributed by atoms with E-state index in [1.54, 1.807) is 4.68 Å². The quantitative estimate of drug-likeness (QED) is 0.849. The summed E-state index contributed by atoms with van der Waals surface area (Å²) in [5.41, 5.74) is 4.04. The summed E-state index contributed by atoms with van der Waals surface area (Å²) in [5.74, 6) is 0.239. The van der Waals surface area contributed by atoms with Crippen molar-refractivity contribution >= 4 is 11.6 Å². The zero-order valence-electron chi connectivity index (χ0n) is 12.6. The molecule has 0 N–H and O–H groups in total. The van der Waals surface area contributed by atoms with Crippen molar-refractivity contribution in [3.63, 3.8) is 0 Å². The number of nitrogens with zero attached hydrogens (tertiary/aromatic N) is 3. The highest BCUT2D eigenvalue weighted by molar-refractivity contribution is 6.08. The van der Waals surface area contributed by atoms with Crippen LogP contribution in [0.4, 0.5) is 5.69 Å². The Bertz CT molecular complexity index is 740. The molecule has 0 radical (unpaired) electrons. The van der Waals surface area contributed by atoms with Crippen LogP contribution in [0.15, 0.2) is 30.6 Å². The van der Waals surface area contributed by atoms with Crippen molar-refractivity contribution in [1.29, 1.82) is 0 Å². The molecular weight excluding hydrogens is 262 g/mol. The maximum atomic E-state index is 12.7. The molecule has 1 fully saturated rings. The van der Waals surface area contributed by atoms with Crippen LogP contribution < -0.4 is 4.90 Å². The van der Waals surface area contributed by atoms with Gasteiger partial charge in [-0.15, -0.1) is 0 Å². The third kappa shape index (κ3) is 1.75. The number of rotatable bonds is 2. The molecule has 1 amide bonds. The average Bonchev–Trinajstić information content (AvgIpc) is 3.15. The molecule has 21 heavy (non-hydrogen) atoms. The molecule has 1 saturated carbocycles. The van der Waals surface area contributed by atoms with Crippen molar-refractivity contribution in [1.82, 2.24) is 9.78 Å². The number of carbonyl (C=O) groups excluding carboxylic acids is 1. The first kappa shape index (κ1) is 12.6. The summed E-state index contributed by atoms with van der Waals surface area (Å²) in [7, 11) is 1.92. The van der Waals surface area contributed by atoms with Crippen LogP contribution in [0.25, 0.3) is 11.1 Å². The summed E-state index contributed by atoms with van der Waals surface area (Å²) < 4.78 is 1.80. The van der Waals surface area contributed by atoms with Gasteiger partial charge in [0.15, 0.2) is 0 Å². The second-order valence-corrected chi connectivity index (χ2v) is 6.67. The molecule has 4 nitrogen and oxygen atoms in total. The van der Waals surface area contributed by atoms with Crippen molar-refractivity contribution in [2.45, 2.75) is 38.1 Å². The molecule has 4 rings (SSSR count). The Morgan fingerprint density at radius 1 is 1.24 bits per heavy atom. The Balaban J connectivity index is 1.86. The fourth-order valence-corrected chi connectivity index (χ4v) is 3.23. The minimum atomic E-state index is -0.411. The van der Waals surface area contributed by atoms with Crippen molar-refractivity contribution in [3.05, 3.63) is 36.2 Å². The standard InChI is InChI=1S/C17H19N3O/c1-17(2)14-7-4-11(12-9-18-19(3)10-12)8-15(14)20(16(17)21)13-5-6-13/h4,7-10,13H,5-6H2,1-3H3. The Labute approximate surface area is 124 Å². The third-order valence-electron chi connectivity index (χ3n) is 4.63. The third-order valence-corrected chi connectivity index (χ3v) is 4.63. The van der Waals surface area contributed by atoms with Gasteiger partial charge in [0.1, 0.15) is 0 Å². The lowest BCUT2D eigenvalue weighted by Crippen LogP contribution is -2.37. The van der Waals surface area contributed by atoms with Crippen LogP contribution in [0.5, 0.6) is 0 Å². The highest BCUT2D eigenvalue weighted by Gasteiger charge is 2.48. The predicted octanol–water partition coefficient (Wildman–Crippen LogP) is 2.87. The molecule has 2 aromatic rings. The molecule has 0 atom stereocenters. The fourth-order valence-electron chi connectivity index (χ4n) is 3.23. The van der Waals surface area contributed by atoms with Gasteiger partial charge in [-0.25, -0.2) is 0 Å². The van der Waals surface area contributed by atoms with Crippen molar-refractivity contribution in [2.75, 3.05) is 4.90 Å². The molecule has 1 aromatic heterocycles. The van der Waals surface area contributed by atoms with E-state index in [-0.39, 0.29) is 5.91 Å². The summed E-state index contributed by atoms with van der Waals surface area (Å²) in [6.45, 7) is 4.06. The Kier molecular flexibility index (Phi) is 2.39. The fraction of sp³-hybridized carbons (Fsp3) is 0.412. The normalized spacial score (nSPS) is 20.0. The lowest BCUT2D eigenvalue weighted by atomic mass is 9.85. The topological polar surface area (TPSA) is 38.1 Å². The van der Waals surface area contributed by atoms with Gasteiger partial charge in [0, 0.05) is 30.5 Å². The molecule has 2 heterocycles. The largest absolute Gasteiger partial charge is 0.308 e. The van der Waals surface area contributed by atoms with Gasteiger partial charge in [-0.1, -0.05) is 12.1 Å². The van der Waals surface area contributed by atoms with Crippen LogP contribution in [0.2, 0.25) is 0 Å². The summed E-state index contributed by atoms with van der Waals surface area (Å²) >= 11 is 0. The number of hydrogen-bond donors (Lipinski definition) is 0. The van der Waals surface area contributed by atoms with Gasteiger partial charge in [-0.05, 0) is 43.9 Å². The van der Waals surface area contributed by atoms with Crippen molar-refractivity contribution < 1.29 is 4.79 Å². The molecule has 0 saturated heterocycles. The monoisotopic (exact) mass is 281 g/mol. The maximum absolute atomic E-state index is 12.7. The van der Waals surface area contributed by atoms with Crippen LogP contribution >= 0.6 is 0 Å². The molecule has 0 bridgehead atoms. The second-order valence-electron chi connectivity index (χ2n) is 6.67. The summed E-state index contributed by atoms with van der Waals surface area (Å²) in [5, 5.41) is 4.23. The smallest absolute Gasteiger partial charge is 0.237 e. The molecular formula is C17H19N3O. The zero-order chi connectivity index (χ0) is 14.8. The first-order chi connectivity index (χ1) is 9.98. The van der Waals surface area contributed by atoms with E-state index in [1.165, 1.54) is 0 Å². The molecule has 1 aliphatic heterocycles. The van der Waals surface area contributed by atoms with E-state index in [4.69, 9.17) is 0 Å². The van der Waals surface area contributed by atoms with Gasteiger partial charge in [0.2, 0.25) is 5.91 Å². The molecule has 4 heteroatoms. The van der Waals surface area contributed by atoms with E-state index < -0.39 is 5.41 Å². The molecule has 2 aliphatic rings. The van der Waals surface area contributed by atoms with E-state index in [1.807, 2.05) is 38.2 Å². The highest BCUT2D eigenvalue weighted by Crippen LogP contribution is 2.47. The van der Waals surface area contributed by atoms with Gasteiger partial charge in [-0.3, -0.25) is 9.48 Å². The van der Waals surface area contributed by atoms with Crippen LogP contribution in [0.3, 0.4) is 0 Å². The van der Waals surface area contributed by atoms with E-state index in [2.05, 4.69) is 23.3 Å². The second kappa shape index (κ2) is 3.97. The Morgan fingerprint density at radius 2 is 2.00 bits per heavy atom. The molecule has 1 aliphatic carbocycles. The summed E-state index contributed by atoms with van der Waals surface area (Å²) in [6, 6.07) is 6.76. The number of anilines is 1. The highest BCUT2D eigenvalue weighted by atomic mass is 16.2. The molecule has 108 valence electrons. The number of hydrogen-bond acceptors (Lipinski definition) is 2. The lowest BCUT2D eigenvalue weighted by molar-refractivity contribution is -0.122. The van der Waals surface area contributed by atoms with Gasteiger partial charge < -0.3 is 4.90 Å². The van der Waals surface area contributed by atoms with Crippen molar-refractivity contribution in [2.24, 2.45) is 7.05 Å². The van der Waals surface area contributed by atoms with Crippen LogP contribution in [-0.4, -0.2) is 21.7 Å². The number of amides is 1. The minimum absolute atomic E-state index is 0.239. The average molecular weight is 281 g/mol. The first-order valence-corrected chi connectivity index (χ1v) is 7.46. The first-order valence-electron chi connectivity index (χ1n) is 7.46. The van der Waals surface area contributed by atoms with Crippen LogP contribution in [0.1, 0.15) is 32.3 Å². The molecule has 0 unspecified atom stereocenters. The lowest BCUT2D eigenvalue weighted by Gasteiger charge is -2.19. The number of aromatic nitrogens is 2. The van der Waals surface area contributed by atoms with Gasteiger partial charge in [0.25, 0.3) is 0 Å².